The van der Waals surface area contributed by atoms with Crippen LogP contribution < -0.4 is 0 Å². The molecule has 0 unspecified atom stereocenters. The Bertz CT molecular complexity index is 507. The summed E-state index contributed by atoms with van der Waals surface area (Å²) in [5, 5.41) is 28.6. The number of phenols is 1. The molecule has 0 aliphatic carbocycles. The van der Waals surface area contributed by atoms with Gasteiger partial charge in [-0.25, -0.2) is 0 Å². The average Bonchev–Trinajstić information content (AvgIpc) is 2.27. The van der Waals surface area contributed by atoms with Gasteiger partial charge in [0.1, 0.15) is 11.6 Å². The summed E-state index contributed by atoms with van der Waals surface area (Å²) < 4.78 is 0. The molecule has 0 spiro atoms. The number of nitro groups is 1. The molecule has 1 N–H and O–H groups in total. The third-order valence-corrected chi connectivity index (χ3v) is 2.38. The van der Waals surface area contributed by atoms with Crippen molar-refractivity contribution < 1.29 is 14.8 Å². The monoisotopic (exact) mass is 284 g/mol. The molecule has 1 aromatic rings. The van der Waals surface area contributed by atoms with Gasteiger partial charge in [0, 0.05) is 6.07 Å². The van der Waals surface area contributed by atoms with E-state index in [4.69, 9.17) is 5.26 Å². The molecule has 0 atom stereocenters. The van der Waals surface area contributed by atoms with Gasteiger partial charge < -0.3 is 5.11 Å². The summed E-state index contributed by atoms with van der Waals surface area (Å²) in [6.45, 7) is 0. The number of nitriles is 1. The van der Waals surface area contributed by atoms with E-state index in [9.17, 15) is 20.0 Å². The zero-order valence-electron chi connectivity index (χ0n) is 7.81. The highest BCUT2D eigenvalue weighted by molar-refractivity contribution is 9.09. The highest BCUT2D eigenvalue weighted by Gasteiger charge is 2.25. The van der Waals surface area contributed by atoms with E-state index in [1.54, 1.807) is 6.07 Å². The first-order chi connectivity index (χ1) is 7.52. The number of phenolic OH excluding ortho intramolecular Hbond substituents is 1. The number of ketones is 1. The number of rotatable bonds is 3. The lowest BCUT2D eigenvalue weighted by atomic mass is 10.0. The molecular formula is C9H5BrN2O4. The Morgan fingerprint density at radius 3 is 2.69 bits per heavy atom. The zero-order chi connectivity index (χ0) is 12.3. The maximum atomic E-state index is 11.4. The maximum Gasteiger partial charge on any atom is 0.284 e. The minimum atomic E-state index is -0.781. The van der Waals surface area contributed by atoms with Crippen LogP contribution in [0.25, 0.3) is 0 Å². The van der Waals surface area contributed by atoms with Crippen molar-refractivity contribution in [3.8, 4) is 11.8 Å². The molecule has 6 nitrogen and oxygen atoms in total. The van der Waals surface area contributed by atoms with Crippen LogP contribution in [-0.4, -0.2) is 21.1 Å². The molecule has 0 amide bonds. The second kappa shape index (κ2) is 4.72. The Kier molecular flexibility index (Phi) is 3.58. The number of hydrogen-bond donors (Lipinski definition) is 1. The van der Waals surface area contributed by atoms with Crippen molar-refractivity contribution in [2.45, 2.75) is 0 Å². The predicted octanol–water partition coefficient (Wildman–Crippen LogP) is 1.75. The molecule has 0 heterocycles. The fourth-order valence-corrected chi connectivity index (χ4v) is 1.44. The first kappa shape index (κ1) is 12.1. The molecule has 0 radical (unpaired) electrons. The van der Waals surface area contributed by atoms with Crippen molar-refractivity contribution in [2.75, 3.05) is 5.33 Å². The van der Waals surface area contributed by atoms with E-state index >= 15 is 0 Å². The van der Waals surface area contributed by atoms with Gasteiger partial charge in [-0.05, 0) is 6.07 Å². The quantitative estimate of drug-likeness (QED) is 0.394. The Morgan fingerprint density at radius 2 is 2.25 bits per heavy atom. The van der Waals surface area contributed by atoms with E-state index in [1.165, 1.54) is 0 Å². The SMILES string of the molecule is N#Cc1ccc([N+](=O)[O-])c(C(=O)CBr)c1O. The molecule has 0 aliphatic rings. The summed E-state index contributed by atoms with van der Waals surface area (Å²) >= 11 is 2.85. The van der Waals surface area contributed by atoms with E-state index in [2.05, 4.69) is 15.9 Å². The molecule has 0 saturated heterocycles. The smallest absolute Gasteiger partial charge is 0.284 e. The highest BCUT2D eigenvalue weighted by Crippen LogP contribution is 2.31. The molecule has 7 heteroatoms. The fourth-order valence-electron chi connectivity index (χ4n) is 1.16. The number of halogens is 1. The number of nitro benzene ring substituents is 1. The minimum Gasteiger partial charge on any atom is -0.506 e. The Morgan fingerprint density at radius 1 is 1.62 bits per heavy atom. The highest BCUT2D eigenvalue weighted by atomic mass is 79.9. The Labute approximate surface area is 98.4 Å². The largest absolute Gasteiger partial charge is 0.506 e. The molecule has 1 aromatic carbocycles. The lowest BCUT2D eigenvalue weighted by molar-refractivity contribution is -0.385. The summed E-state index contributed by atoms with van der Waals surface area (Å²) in [6, 6.07) is 3.76. The van der Waals surface area contributed by atoms with Crippen molar-refractivity contribution in [1.82, 2.24) is 0 Å². The number of benzene rings is 1. The second-order valence-electron chi connectivity index (χ2n) is 2.78. The molecular weight excluding hydrogens is 280 g/mol. The number of carbonyl (C=O) groups is 1. The van der Waals surface area contributed by atoms with Crippen LogP contribution in [0, 0.1) is 21.4 Å². The van der Waals surface area contributed by atoms with E-state index in [0.717, 1.165) is 12.1 Å². The van der Waals surface area contributed by atoms with Crippen LogP contribution in [-0.2, 0) is 0 Å². The van der Waals surface area contributed by atoms with Gasteiger partial charge in [0.05, 0.1) is 15.8 Å². The average molecular weight is 285 g/mol. The fraction of sp³-hybridized carbons (Fsp3) is 0.111. The zero-order valence-corrected chi connectivity index (χ0v) is 9.39. The summed E-state index contributed by atoms with van der Waals surface area (Å²) in [6.07, 6.45) is 0. The number of Topliss-reactive ketones (excluding diaryl/α,β-unsaturated/α-hetero) is 1. The second-order valence-corrected chi connectivity index (χ2v) is 3.34. The number of aromatic hydroxyl groups is 1. The van der Waals surface area contributed by atoms with Crippen molar-refractivity contribution in [1.29, 1.82) is 5.26 Å². The molecule has 82 valence electrons. The van der Waals surface area contributed by atoms with Crippen LogP contribution in [0.1, 0.15) is 15.9 Å². The first-order valence-electron chi connectivity index (χ1n) is 4.02. The van der Waals surface area contributed by atoms with Crippen molar-refractivity contribution in [3.05, 3.63) is 33.4 Å². The normalized spacial score (nSPS) is 9.50. The van der Waals surface area contributed by atoms with Gasteiger partial charge in [0.15, 0.2) is 11.5 Å². The molecule has 0 bridgehead atoms. The van der Waals surface area contributed by atoms with Crippen LogP contribution in [0.5, 0.6) is 5.75 Å². The topological polar surface area (TPSA) is 104 Å². The van der Waals surface area contributed by atoms with Crippen LogP contribution in [0.2, 0.25) is 0 Å². The Hall–Kier alpha value is -1.94. The summed E-state index contributed by atoms with van der Waals surface area (Å²) in [5.41, 5.74) is -1.13. The number of nitrogens with zero attached hydrogens (tertiary/aromatic N) is 2. The van der Waals surface area contributed by atoms with Gasteiger partial charge in [0.25, 0.3) is 5.69 Å². The van der Waals surface area contributed by atoms with Gasteiger partial charge in [-0.15, -0.1) is 0 Å². The van der Waals surface area contributed by atoms with E-state index in [-0.39, 0.29) is 10.9 Å². The van der Waals surface area contributed by atoms with Crippen LogP contribution in [0.3, 0.4) is 0 Å². The summed E-state index contributed by atoms with van der Waals surface area (Å²) in [7, 11) is 0. The van der Waals surface area contributed by atoms with Gasteiger partial charge >= 0.3 is 0 Å². The number of alkyl halides is 1. The van der Waals surface area contributed by atoms with Gasteiger partial charge in [0.2, 0.25) is 0 Å². The van der Waals surface area contributed by atoms with Crippen molar-refractivity contribution in [2.24, 2.45) is 0 Å². The first-order valence-corrected chi connectivity index (χ1v) is 5.14. The third kappa shape index (κ3) is 2.01. The lowest BCUT2D eigenvalue weighted by Gasteiger charge is -2.04. The van der Waals surface area contributed by atoms with E-state index < -0.39 is 27.7 Å². The minimum absolute atomic E-state index is 0.170. The molecule has 16 heavy (non-hydrogen) atoms. The van der Waals surface area contributed by atoms with E-state index in [1.807, 2.05) is 0 Å². The predicted molar refractivity (Wildman–Crippen MR) is 57.6 cm³/mol. The van der Waals surface area contributed by atoms with Crippen molar-refractivity contribution in [3.63, 3.8) is 0 Å². The van der Waals surface area contributed by atoms with Gasteiger partial charge in [-0.1, -0.05) is 15.9 Å². The Balaban J connectivity index is 3.56. The van der Waals surface area contributed by atoms with Crippen LogP contribution in [0.15, 0.2) is 12.1 Å². The number of carbonyl (C=O) groups excluding carboxylic acids is 1. The van der Waals surface area contributed by atoms with Crippen LogP contribution >= 0.6 is 15.9 Å². The standard InChI is InChI=1S/C9H5BrN2O4/c10-3-7(13)8-6(12(15)16)2-1-5(4-11)9(8)14/h1-2,14H,3H2. The van der Waals surface area contributed by atoms with Crippen molar-refractivity contribution >= 4 is 27.4 Å². The van der Waals surface area contributed by atoms with E-state index in [0.29, 0.717) is 0 Å². The lowest BCUT2D eigenvalue weighted by Crippen LogP contribution is -2.06. The van der Waals surface area contributed by atoms with Gasteiger partial charge in [-0.2, -0.15) is 5.26 Å². The summed E-state index contributed by atoms with van der Waals surface area (Å²) in [4.78, 5) is 21.3. The van der Waals surface area contributed by atoms with Crippen LogP contribution in [0.4, 0.5) is 5.69 Å². The third-order valence-electron chi connectivity index (χ3n) is 1.87. The summed E-state index contributed by atoms with van der Waals surface area (Å²) in [5.74, 6) is -1.30. The molecule has 0 fully saturated rings. The molecule has 0 aliphatic heterocycles. The number of hydrogen-bond acceptors (Lipinski definition) is 5. The molecule has 0 aromatic heterocycles. The molecule has 1 rings (SSSR count). The molecule has 0 saturated carbocycles. The maximum absolute atomic E-state index is 11.4. The van der Waals surface area contributed by atoms with Gasteiger partial charge in [-0.3, -0.25) is 14.9 Å².